The minimum absolute atomic E-state index is 0.195. The van der Waals surface area contributed by atoms with E-state index in [0.717, 1.165) is 11.5 Å². The van der Waals surface area contributed by atoms with Crippen molar-refractivity contribution < 1.29 is 13.9 Å². The molecule has 0 bridgehead atoms. The van der Waals surface area contributed by atoms with E-state index in [1.165, 1.54) is 0 Å². The van der Waals surface area contributed by atoms with Crippen molar-refractivity contribution >= 4 is 23.6 Å². The summed E-state index contributed by atoms with van der Waals surface area (Å²) in [5, 5.41) is 8.88. The summed E-state index contributed by atoms with van der Waals surface area (Å²) in [5.74, 6) is 1.55. The van der Waals surface area contributed by atoms with Gasteiger partial charge >= 0.3 is 6.01 Å². The summed E-state index contributed by atoms with van der Waals surface area (Å²) in [6.07, 6.45) is 1.96. The molecule has 2 aromatic heterocycles. The fourth-order valence-electron chi connectivity index (χ4n) is 1.38. The average Bonchev–Trinajstić information content (AvgIpc) is 3.00. The molecule has 0 radical (unpaired) electrons. The van der Waals surface area contributed by atoms with Crippen LogP contribution in [0.2, 0.25) is 0 Å². The van der Waals surface area contributed by atoms with Gasteiger partial charge in [0, 0.05) is 0 Å². The summed E-state index contributed by atoms with van der Waals surface area (Å²) in [6.45, 7) is 2.28. The first kappa shape index (κ1) is 13.5. The number of anilines is 1. The lowest BCUT2D eigenvalue weighted by molar-refractivity contribution is 0.0994. The van der Waals surface area contributed by atoms with E-state index in [0.29, 0.717) is 6.61 Å². The summed E-state index contributed by atoms with van der Waals surface area (Å²) in [6, 6.07) is 3.60. The van der Waals surface area contributed by atoms with Crippen LogP contribution in [-0.4, -0.2) is 34.0 Å². The zero-order valence-corrected chi connectivity index (χ0v) is 11.4. The van der Waals surface area contributed by atoms with Gasteiger partial charge < -0.3 is 9.15 Å². The molecule has 0 aliphatic carbocycles. The van der Waals surface area contributed by atoms with Crippen molar-refractivity contribution in [2.24, 2.45) is 0 Å². The smallest absolute Gasteiger partial charge is 0.337 e. The highest BCUT2D eigenvalue weighted by molar-refractivity contribution is 7.97. The quantitative estimate of drug-likeness (QED) is 0.840. The molecule has 0 saturated heterocycles. The fraction of sp³-hybridized carbons (Fsp3) is 0.364. The number of amides is 1. The van der Waals surface area contributed by atoms with E-state index in [4.69, 9.17) is 9.15 Å². The standard InChI is InChI=1S/C11H14N4O3S/c1-3-17-11-13-10(14-15-11)12-9(16)8-5-4-7(18-8)6-19-2/h4-5H,3,6H2,1-2H3,(H2,12,13,14,15,16). The molecular formula is C11H14N4O3S. The summed E-state index contributed by atoms with van der Waals surface area (Å²) >= 11 is 1.62. The molecule has 2 N–H and O–H groups in total. The molecule has 1 amide bonds. The van der Waals surface area contributed by atoms with E-state index in [1.54, 1.807) is 23.9 Å². The third-order valence-corrected chi connectivity index (χ3v) is 2.72. The molecule has 102 valence electrons. The first-order chi connectivity index (χ1) is 9.22. The van der Waals surface area contributed by atoms with Gasteiger partial charge in [-0.25, -0.2) is 5.10 Å². The first-order valence-electron chi connectivity index (χ1n) is 5.67. The van der Waals surface area contributed by atoms with E-state index in [-0.39, 0.29) is 23.6 Å². The van der Waals surface area contributed by atoms with Gasteiger partial charge in [0.25, 0.3) is 5.91 Å². The topological polar surface area (TPSA) is 93.0 Å². The molecule has 7 nitrogen and oxygen atoms in total. The van der Waals surface area contributed by atoms with E-state index >= 15 is 0 Å². The van der Waals surface area contributed by atoms with Gasteiger partial charge in [-0.15, -0.1) is 5.10 Å². The van der Waals surface area contributed by atoms with Gasteiger partial charge in [-0.3, -0.25) is 10.1 Å². The molecule has 0 saturated carbocycles. The van der Waals surface area contributed by atoms with Crippen LogP contribution in [0.4, 0.5) is 5.95 Å². The van der Waals surface area contributed by atoms with Crippen molar-refractivity contribution in [2.75, 3.05) is 18.2 Å². The molecule has 0 fully saturated rings. The molecule has 2 aromatic rings. The van der Waals surface area contributed by atoms with E-state index < -0.39 is 0 Å². The largest absolute Gasteiger partial charge is 0.463 e. The van der Waals surface area contributed by atoms with Crippen LogP contribution in [0.5, 0.6) is 6.01 Å². The molecule has 0 spiro atoms. The van der Waals surface area contributed by atoms with Gasteiger partial charge in [0.15, 0.2) is 5.76 Å². The van der Waals surface area contributed by atoms with Gasteiger partial charge in [0.1, 0.15) is 5.76 Å². The molecule has 0 unspecified atom stereocenters. The van der Waals surface area contributed by atoms with Crippen molar-refractivity contribution in [3.8, 4) is 6.01 Å². The molecule has 0 atom stereocenters. The number of thioether (sulfide) groups is 1. The van der Waals surface area contributed by atoms with Crippen LogP contribution >= 0.6 is 11.8 Å². The number of carbonyl (C=O) groups excluding carboxylic acids is 1. The highest BCUT2D eigenvalue weighted by atomic mass is 32.2. The van der Waals surface area contributed by atoms with Gasteiger partial charge in [0.2, 0.25) is 5.95 Å². The second kappa shape index (κ2) is 6.28. The van der Waals surface area contributed by atoms with Gasteiger partial charge in [-0.05, 0) is 25.3 Å². The molecule has 0 aliphatic rings. The number of hydrogen-bond donors (Lipinski definition) is 2. The number of furan rings is 1. The summed E-state index contributed by atoms with van der Waals surface area (Å²) in [7, 11) is 0. The lowest BCUT2D eigenvalue weighted by Crippen LogP contribution is -2.12. The van der Waals surface area contributed by atoms with Crippen molar-refractivity contribution in [1.82, 2.24) is 15.2 Å². The number of nitrogens with one attached hydrogen (secondary N) is 2. The average molecular weight is 282 g/mol. The van der Waals surface area contributed by atoms with Crippen LogP contribution in [0.25, 0.3) is 0 Å². The molecule has 2 heterocycles. The number of aromatic nitrogens is 3. The SMILES string of the molecule is CCOc1n[nH]c(NC(=O)c2ccc(CSC)o2)n1. The van der Waals surface area contributed by atoms with Crippen molar-refractivity contribution in [3.05, 3.63) is 23.7 Å². The number of aromatic amines is 1. The maximum Gasteiger partial charge on any atom is 0.337 e. The highest BCUT2D eigenvalue weighted by Gasteiger charge is 2.13. The van der Waals surface area contributed by atoms with Gasteiger partial charge in [-0.1, -0.05) is 0 Å². The van der Waals surface area contributed by atoms with Crippen LogP contribution in [-0.2, 0) is 5.75 Å². The Kier molecular flexibility index (Phi) is 4.45. The van der Waals surface area contributed by atoms with E-state index in [1.807, 2.05) is 13.2 Å². The molecule has 2 rings (SSSR count). The van der Waals surface area contributed by atoms with Crippen LogP contribution in [0, 0.1) is 0 Å². The Bertz CT molecular complexity index is 552. The Morgan fingerprint density at radius 2 is 2.42 bits per heavy atom. The zero-order valence-electron chi connectivity index (χ0n) is 10.6. The number of H-pyrrole nitrogens is 1. The maximum absolute atomic E-state index is 11.9. The van der Waals surface area contributed by atoms with Gasteiger partial charge in [-0.2, -0.15) is 16.7 Å². The number of nitrogens with zero attached hydrogens (tertiary/aromatic N) is 2. The Labute approximate surface area is 114 Å². The minimum Gasteiger partial charge on any atom is -0.463 e. The maximum atomic E-state index is 11.9. The van der Waals surface area contributed by atoms with Gasteiger partial charge in [0.05, 0.1) is 12.4 Å². The Morgan fingerprint density at radius 3 is 3.16 bits per heavy atom. The summed E-state index contributed by atoms with van der Waals surface area (Å²) in [5.41, 5.74) is 0. The predicted octanol–water partition coefficient (Wildman–Crippen LogP) is 1.91. The number of rotatable bonds is 6. The first-order valence-corrected chi connectivity index (χ1v) is 7.06. The summed E-state index contributed by atoms with van der Waals surface area (Å²) in [4.78, 5) is 15.8. The van der Waals surface area contributed by atoms with Crippen molar-refractivity contribution in [3.63, 3.8) is 0 Å². The second-order valence-electron chi connectivity index (χ2n) is 3.55. The van der Waals surface area contributed by atoms with Crippen molar-refractivity contribution in [2.45, 2.75) is 12.7 Å². The lowest BCUT2D eigenvalue weighted by Gasteiger charge is -1.97. The van der Waals surface area contributed by atoms with Crippen molar-refractivity contribution in [1.29, 1.82) is 0 Å². The Balaban J connectivity index is 1.98. The van der Waals surface area contributed by atoms with Crippen LogP contribution in [0.15, 0.2) is 16.5 Å². The minimum atomic E-state index is -0.383. The highest BCUT2D eigenvalue weighted by Crippen LogP contribution is 2.14. The molecule has 0 aromatic carbocycles. The molecule has 0 aliphatic heterocycles. The number of ether oxygens (including phenoxy) is 1. The van der Waals surface area contributed by atoms with Crippen LogP contribution in [0.3, 0.4) is 0 Å². The molecule has 8 heteroatoms. The zero-order chi connectivity index (χ0) is 13.7. The number of carbonyl (C=O) groups is 1. The Hall–Kier alpha value is -1.96. The lowest BCUT2D eigenvalue weighted by atomic mass is 10.4. The number of hydrogen-bond acceptors (Lipinski definition) is 6. The third-order valence-electron chi connectivity index (χ3n) is 2.14. The molecular weight excluding hydrogens is 268 g/mol. The second-order valence-corrected chi connectivity index (χ2v) is 4.42. The molecule has 19 heavy (non-hydrogen) atoms. The monoisotopic (exact) mass is 282 g/mol. The van der Waals surface area contributed by atoms with Crippen LogP contribution in [0.1, 0.15) is 23.2 Å². The third kappa shape index (κ3) is 3.50. The normalized spacial score (nSPS) is 10.4. The van der Waals surface area contributed by atoms with E-state index in [9.17, 15) is 4.79 Å². The fourth-order valence-corrected chi connectivity index (χ4v) is 1.82. The Morgan fingerprint density at radius 1 is 1.58 bits per heavy atom. The predicted molar refractivity (Wildman–Crippen MR) is 71.4 cm³/mol. The van der Waals surface area contributed by atoms with E-state index in [2.05, 4.69) is 20.5 Å². The summed E-state index contributed by atoms with van der Waals surface area (Å²) < 4.78 is 10.5. The van der Waals surface area contributed by atoms with Crippen LogP contribution < -0.4 is 10.1 Å².